The molecule has 5 aromatic rings. The predicted octanol–water partition coefficient (Wildman–Crippen LogP) is 5.44. The highest BCUT2D eigenvalue weighted by atomic mass is 19.4. The maximum Gasteiger partial charge on any atom is 0.416 e. The molecule has 3 heterocycles. The van der Waals surface area contributed by atoms with Crippen LogP contribution < -0.4 is 14.8 Å². The van der Waals surface area contributed by atoms with Crippen molar-refractivity contribution in [2.24, 2.45) is 0 Å². The van der Waals surface area contributed by atoms with Gasteiger partial charge in [0.1, 0.15) is 31.1 Å². The normalized spacial score (nSPS) is 14.6. The van der Waals surface area contributed by atoms with Gasteiger partial charge in [-0.25, -0.2) is 14.6 Å². The molecule has 0 spiro atoms. The second kappa shape index (κ2) is 12.0. The first-order valence-corrected chi connectivity index (χ1v) is 13.1. The average Bonchev–Trinajstić information content (AvgIpc) is 3.48. The quantitative estimate of drug-likeness (QED) is 0.298. The molecular formula is C29H25F3N6O4. The Morgan fingerprint density at radius 1 is 0.786 bits per heavy atom. The van der Waals surface area contributed by atoms with Crippen molar-refractivity contribution in [1.29, 1.82) is 0 Å². The van der Waals surface area contributed by atoms with Gasteiger partial charge in [0.15, 0.2) is 11.5 Å². The maximum atomic E-state index is 12.9. The number of fused-ring (bicyclic) bond motifs is 2. The summed E-state index contributed by atoms with van der Waals surface area (Å²) in [6, 6.07) is 15.8. The fraction of sp³-hybridized carbons (Fsp3) is 0.241. The summed E-state index contributed by atoms with van der Waals surface area (Å²) < 4.78 is 63.1. The van der Waals surface area contributed by atoms with E-state index in [4.69, 9.17) is 18.9 Å². The summed E-state index contributed by atoms with van der Waals surface area (Å²) in [5.74, 6) is 1.65. The lowest BCUT2D eigenvalue weighted by atomic mass is 10.1. The van der Waals surface area contributed by atoms with Crippen molar-refractivity contribution in [3.05, 3.63) is 78.8 Å². The summed E-state index contributed by atoms with van der Waals surface area (Å²) in [6.07, 6.45) is -1.29. The van der Waals surface area contributed by atoms with Gasteiger partial charge in [-0.05, 0) is 42.5 Å². The van der Waals surface area contributed by atoms with E-state index >= 15 is 0 Å². The maximum absolute atomic E-state index is 12.9. The molecule has 10 nitrogen and oxygen atoms in total. The van der Waals surface area contributed by atoms with Crippen LogP contribution in [0.15, 0.2) is 73.2 Å². The average molecular weight is 579 g/mol. The lowest BCUT2D eigenvalue weighted by molar-refractivity contribution is -0.137. The van der Waals surface area contributed by atoms with E-state index in [1.807, 2.05) is 30.3 Å². The van der Waals surface area contributed by atoms with E-state index in [0.29, 0.717) is 73.9 Å². The molecule has 0 saturated carbocycles. The van der Waals surface area contributed by atoms with Crippen LogP contribution in [0.25, 0.3) is 27.8 Å². The summed E-state index contributed by atoms with van der Waals surface area (Å²) in [6.45, 7) is 2.51. The highest BCUT2D eigenvalue weighted by molar-refractivity contribution is 5.93. The van der Waals surface area contributed by atoms with Crippen LogP contribution in [0.4, 0.5) is 24.7 Å². The van der Waals surface area contributed by atoms with E-state index in [1.165, 1.54) is 23.1 Å². The topological polar surface area (TPSA) is 105 Å². The molecule has 216 valence electrons. The van der Waals surface area contributed by atoms with E-state index in [1.54, 1.807) is 12.3 Å². The van der Waals surface area contributed by atoms with Crippen molar-refractivity contribution >= 4 is 22.4 Å². The molecule has 3 aromatic carbocycles. The second-order valence-electron chi connectivity index (χ2n) is 9.26. The number of halogens is 3. The van der Waals surface area contributed by atoms with Crippen LogP contribution in [0.1, 0.15) is 5.56 Å². The highest BCUT2D eigenvalue weighted by Gasteiger charge is 2.30. The van der Waals surface area contributed by atoms with Crippen LogP contribution >= 0.6 is 0 Å². The first-order valence-electron chi connectivity index (χ1n) is 13.1. The molecule has 0 atom stereocenters. The third-order valence-electron chi connectivity index (χ3n) is 6.42. The minimum atomic E-state index is -4.41. The Bertz CT molecular complexity index is 1680. The van der Waals surface area contributed by atoms with Crippen molar-refractivity contribution in [3.8, 4) is 28.4 Å². The van der Waals surface area contributed by atoms with Gasteiger partial charge in [-0.1, -0.05) is 17.3 Å². The number of benzene rings is 3. The van der Waals surface area contributed by atoms with Crippen molar-refractivity contribution < 1.29 is 32.1 Å². The van der Waals surface area contributed by atoms with E-state index in [0.717, 1.165) is 28.8 Å². The summed E-state index contributed by atoms with van der Waals surface area (Å²) in [5.41, 5.74) is 2.42. The summed E-state index contributed by atoms with van der Waals surface area (Å²) in [4.78, 5) is 8.86. The Morgan fingerprint density at radius 3 is 2.24 bits per heavy atom. The minimum absolute atomic E-state index is 0.341. The van der Waals surface area contributed by atoms with Gasteiger partial charge in [0.25, 0.3) is 0 Å². The predicted molar refractivity (Wildman–Crippen MR) is 147 cm³/mol. The number of aromatic nitrogens is 5. The van der Waals surface area contributed by atoms with Crippen molar-refractivity contribution in [2.45, 2.75) is 6.18 Å². The molecule has 42 heavy (non-hydrogen) atoms. The van der Waals surface area contributed by atoms with E-state index in [9.17, 15) is 13.2 Å². The Kier molecular flexibility index (Phi) is 7.84. The number of hydrogen-bond acceptors (Lipinski definition) is 9. The lowest BCUT2D eigenvalue weighted by Crippen LogP contribution is -2.15. The van der Waals surface area contributed by atoms with Crippen molar-refractivity contribution in [2.75, 3.05) is 45.0 Å². The third-order valence-corrected chi connectivity index (χ3v) is 6.42. The zero-order chi connectivity index (χ0) is 28.9. The molecule has 1 aliphatic rings. The number of ether oxygens (including phenoxy) is 4. The fourth-order valence-corrected chi connectivity index (χ4v) is 4.35. The SMILES string of the molecule is FC(F)(F)c1ccc(-n2cc(-c3cccc(Nc4ncnc5cc6c(cc45)OCCOCCOCCO6)c3)nn2)cc1. The van der Waals surface area contributed by atoms with Crippen molar-refractivity contribution in [3.63, 3.8) is 0 Å². The van der Waals surface area contributed by atoms with Crippen LogP contribution in [0.5, 0.6) is 11.5 Å². The first kappa shape index (κ1) is 27.4. The molecule has 0 saturated heterocycles. The van der Waals surface area contributed by atoms with E-state index in [-0.39, 0.29) is 0 Å². The second-order valence-corrected chi connectivity index (χ2v) is 9.26. The van der Waals surface area contributed by atoms with Gasteiger partial charge in [0, 0.05) is 22.7 Å². The number of nitrogens with one attached hydrogen (secondary N) is 1. The third kappa shape index (κ3) is 6.26. The van der Waals surface area contributed by atoms with Gasteiger partial charge in [0.2, 0.25) is 0 Å². The van der Waals surface area contributed by atoms with Gasteiger partial charge < -0.3 is 24.3 Å². The molecule has 0 aliphatic carbocycles. The number of anilines is 2. The molecule has 13 heteroatoms. The van der Waals surface area contributed by atoms with Crippen LogP contribution in [-0.2, 0) is 15.7 Å². The molecular weight excluding hydrogens is 553 g/mol. The van der Waals surface area contributed by atoms with Crippen LogP contribution in [0.3, 0.4) is 0 Å². The molecule has 2 aromatic heterocycles. The Morgan fingerprint density at radius 2 is 1.50 bits per heavy atom. The van der Waals surface area contributed by atoms with Crippen LogP contribution in [0.2, 0.25) is 0 Å². The zero-order valence-corrected chi connectivity index (χ0v) is 22.2. The smallest absolute Gasteiger partial charge is 0.416 e. The van der Waals surface area contributed by atoms with E-state index < -0.39 is 11.7 Å². The van der Waals surface area contributed by atoms with Crippen LogP contribution in [-0.4, -0.2) is 64.6 Å². The molecule has 0 bridgehead atoms. The lowest BCUT2D eigenvalue weighted by Gasteiger charge is -2.16. The summed E-state index contributed by atoms with van der Waals surface area (Å²) >= 11 is 0. The van der Waals surface area contributed by atoms with Gasteiger partial charge >= 0.3 is 6.18 Å². The highest BCUT2D eigenvalue weighted by Crippen LogP contribution is 2.35. The number of rotatable bonds is 4. The molecule has 1 aliphatic heterocycles. The Balaban J connectivity index is 1.24. The molecule has 0 fully saturated rings. The molecule has 0 unspecified atom stereocenters. The summed E-state index contributed by atoms with van der Waals surface area (Å²) in [7, 11) is 0. The minimum Gasteiger partial charge on any atom is -0.487 e. The van der Waals surface area contributed by atoms with Gasteiger partial charge in [-0.3, -0.25) is 0 Å². The standard InChI is InChI=1S/C29H25F3N6O4/c30-29(31,32)20-4-6-22(7-5-20)38-17-25(36-37-38)19-2-1-3-21(14-19)35-28-23-15-26-27(16-24(23)33-18-34-28)42-13-11-40-9-8-39-10-12-41-26/h1-7,14-18H,8-13H2,(H,33,34,35). The van der Waals surface area contributed by atoms with Gasteiger partial charge in [0.05, 0.1) is 49.4 Å². The fourth-order valence-electron chi connectivity index (χ4n) is 4.35. The molecule has 6 rings (SSSR count). The first-order chi connectivity index (χ1) is 20.4. The number of hydrogen-bond donors (Lipinski definition) is 1. The largest absolute Gasteiger partial charge is 0.487 e. The monoisotopic (exact) mass is 578 g/mol. The summed E-state index contributed by atoms with van der Waals surface area (Å²) in [5, 5.41) is 12.4. The Labute approximate surface area is 238 Å². The zero-order valence-electron chi connectivity index (χ0n) is 22.2. The van der Waals surface area contributed by atoms with Gasteiger partial charge in [-0.2, -0.15) is 13.2 Å². The molecule has 1 N–H and O–H groups in total. The number of nitrogens with zero attached hydrogens (tertiary/aromatic N) is 5. The molecule has 0 radical (unpaired) electrons. The van der Waals surface area contributed by atoms with Gasteiger partial charge in [-0.15, -0.1) is 5.10 Å². The van der Waals surface area contributed by atoms with Crippen molar-refractivity contribution in [1.82, 2.24) is 25.0 Å². The van der Waals surface area contributed by atoms with Crippen LogP contribution in [0, 0.1) is 0 Å². The molecule has 0 amide bonds. The Hall–Kier alpha value is -4.75. The van der Waals surface area contributed by atoms with E-state index in [2.05, 4.69) is 25.6 Å². The number of alkyl halides is 3.